The summed E-state index contributed by atoms with van der Waals surface area (Å²) in [6.45, 7) is 4.91. The molecular formula is C15H15N3S3. The number of rotatable bonds is 4. The predicted molar refractivity (Wildman–Crippen MR) is 93.8 cm³/mol. The van der Waals surface area contributed by atoms with E-state index in [2.05, 4.69) is 51.4 Å². The Hall–Kier alpha value is -1.50. The Morgan fingerprint density at radius 3 is 2.76 bits per heavy atom. The molecule has 108 valence electrons. The number of aromatic nitrogens is 1. The monoisotopic (exact) mass is 333 g/mol. The van der Waals surface area contributed by atoms with Crippen LogP contribution in [-0.2, 0) is 0 Å². The van der Waals surface area contributed by atoms with E-state index in [1.807, 2.05) is 17.8 Å². The molecule has 0 amide bonds. The van der Waals surface area contributed by atoms with E-state index in [1.54, 1.807) is 34.0 Å². The molecule has 3 aromatic heterocycles. The highest BCUT2D eigenvalue weighted by Crippen LogP contribution is 2.25. The number of aryl methyl sites for hydroxylation is 1. The molecule has 0 aromatic carbocycles. The Labute approximate surface area is 135 Å². The highest BCUT2D eigenvalue weighted by atomic mass is 32.1. The lowest BCUT2D eigenvalue weighted by Crippen LogP contribution is -2.12. The van der Waals surface area contributed by atoms with Crippen LogP contribution in [0.15, 0.2) is 44.4 Å². The number of nitrogens with zero attached hydrogens (tertiary/aromatic N) is 3. The van der Waals surface area contributed by atoms with Crippen molar-refractivity contribution < 1.29 is 0 Å². The van der Waals surface area contributed by atoms with Crippen LogP contribution >= 0.6 is 34.0 Å². The molecule has 0 bridgehead atoms. The molecule has 0 aliphatic heterocycles. The zero-order chi connectivity index (χ0) is 14.7. The second-order valence-corrected chi connectivity index (χ2v) is 7.11. The first-order valence-corrected chi connectivity index (χ1v) is 9.27. The molecule has 0 spiro atoms. The van der Waals surface area contributed by atoms with Crippen molar-refractivity contribution in [2.24, 2.45) is 10.1 Å². The van der Waals surface area contributed by atoms with Crippen LogP contribution in [-0.4, -0.2) is 17.4 Å². The van der Waals surface area contributed by atoms with E-state index in [9.17, 15) is 0 Å². The Kier molecular flexibility index (Phi) is 4.48. The first kappa shape index (κ1) is 14.4. The van der Waals surface area contributed by atoms with Gasteiger partial charge in [-0.25, -0.2) is 4.68 Å². The van der Waals surface area contributed by atoms with Gasteiger partial charge in [0, 0.05) is 11.9 Å². The quantitative estimate of drug-likeness (QED) is 0.631. The van der Waals surface area contributed by atoms with Gasteiger partial charge in [-0.15, -0.1) is 34.0 Å². The highest BCUT2D eigenvalue weighted by Gasteiger charge is 2.08. The van der Waals surface area contributed by atoms with Crippen LogP contribution in [0, 0.1) is 6.92 Å². The molecule has 3 heterocycles. The van der Waals surface area contributed by atoms with Crippen molar-refractivity contribution in [2.45, 2.75) is 13.8 Å². The molecule has 0 N–H and O–H groups in total. The molecule has 0 fully saturated rings. The minimum atomic E-state index is 0.762. The summed E-state index contributed by atoms with van der Waals surface area (Å²) < 4.78 is 1.94. The van der Waals surface area contributed by atoms with Crippen molar-refractivity contribution in [3.05, 3.63) is 49.6 Å². The third kappa shape index (κ3) is 3.07. The fraction of sp³-hybridized carbons (Fsp3) is 0.200. The van der Waals surface area contributed by atoms with E-state index in [-0.39, 0.29) is 0 Å². The number of thiophene rings is 2. The van der Waals surface area contributed by atoms with Gasteiger partial charge >= 0.3 is 0 Å². The molecule has 0 aliphatic rings. The Morgan fingerprint density at radius 2 is 2.10 bits per heavy atom. The molecule has 0 aliphatic carbocycles. The van der Waals surface area contributed by atoms with Gasteiger partial charge in [0.15, 0.2) is 0 Å². The second-order valence-electron chi connectivity index (χ2n) is 4.38. The number of thiazole rings is 1. The molecular weight excluding hydrogens is 318 g/mol. The summed E-state index contributed by atoms with van der Waals surface area (Å²) in [5, 5.41) is 11.0. The molecule has 0 unspecified atom stereocenters. The van der Waals surface area contributed by atoms with Crippen molar-refractivity contribution in [1.29, 1.82) is 0 Å². The molecule has 3 aromatic rings. The van der Waals surface area contributed by atoms with Crippen molar-refractivity contribution in [2.75, 3.05) is 6.54 Å². The Balaban J connectivity index is 2.07. The number of hydrogen-bond acceptors (Lipinski definition) is 5. The van der Waals surface area contributed by atoms with Crippen LogP contribution < -0.4 is 4.80 Å². The molecule has 21 heavy (non-hydrogen) atoms. The standard InChI is InChI=1S/C15H15N3S3/c1-3-16-15-18(17-9-14-11(2)6-8-20-14)12(10-21-15)13-5-4-7-19-13/h4-10H,3H2,1-2H3. The minimum absolute atomic E-state index is 0.762. The smallest absolute Gasteiger partial charge is 0.206 e. The third-order valence-electron chi connectivity index (χ3n) is 2.94. The summed E-state index contributed by atoms with van der Waals surface area (Å²) in [7, 11) is 0. The average Bonchev–Trinajstić information content (AvgIpc) is 3.18. The summed E-state index contributed by atoms with van der Waals surface area (Å²) in [5.41, 5.74) is 2.36. The van der Waals surface area contributed by atoms with E-state index in [0.717, 1.165) is 17.0 Å². The van der Waals surface area contributed by atoms with Gasteiger partial charge in [0.2, 0.25) is 4.80 Å². The minimum Gasteiger partial charge on any atom is -0.258 e. The van der Waals surface area contributed by atoms with Gasteiger partial charge < -0.3 is 0 Å². The van der Waals surface area contributed by atoms with Crippen molar-refractivity contribution in [3.63, 3.8) is 0 Å². The maximum atomic E-state index is 4.67. The summed E-state index contributed by atoms with van der Waals surface area (Å²) >= 11 is 5.06. The first-order valence-electron chi connectivity index (χ1n) is 6.63. The topological polar surface area (TPSA) is 29.6 Å². The van der Waals surface area contributed by atoms with E-state index in [0.29, 0.717) is 0 Å². The normalized spacial score (nSPS) is 12.6. The van der Waals surface area contributed by atoms with Gasteiger partial charge in [0.05, 0.1) is 21.7 Å². The molecule has 0 atom stereocenters. The summed E-state index contributed by atoms with van der Waals surface area (Å²) in [5.74, 6) is 0. The molecule has 0 radical (unpaired) electrons. The summed E-state index contributed by atoms with van der Waals surface area (Å²) in [4.78, 5) is 7.87. The summed E-state index contributed by atoms with van der Waals surface area (Å²) in [6, 6.07) is 6.29. The van der Waals surface area contributed by atoms with Gasteiger partial charge in [0.1, 0.15) is 0 Å². The Morgan fingerprint density at radius 1 is 1.19 bits per heavy atom. The van der Waals surface area contributed by atoms with Crippen LogP contribution in [0.5, 0.6) is 0 Å². The SMILES string of the molecule is CCN=c1scc(-c2cccs2)n1N=Cc1sccc1C. The Bertz CT molecular complexity index is 803. The average molecular weight is 334 g/mol. The maximum absolute atomic E-state index is 4.67. The molecule has 0 saturated carbocycles. The van der Waals surface area contributed by atoms with Crippen molar-refractivity contribution >= 4 is 40.2 Å². The van der Waals surface area contributed by atoms with Gasteiger partial charge in [0.25, 0.3) is 0 Å². The number of hydrogen-bond donors (Lipinski definition) is 0. The van der Waals surface area contributed by atoms with Gasteiger partial charge in [-0.1, -0.05) is 6.07 Å². The fourth-order valence-electron chi connectivity index (χ4n) is 1.88. The molecule has 3 rings (SSSR count). The second kappa shape index (κ2) is 6.51. The van der Waals surface area contributed by atoms with Gasteiger partial charge in [-0.3, -0.25) is 4.99 Å². The largest absolute Gasteiger partial charge is 0.258 e. The molecule has 3 nitrogen and oxygen atoms in total. The summed E-state index contributed by atoms with van der Waals surface area (Å²) in [6.07, 6.45) is 1.93. The van der Waals surface area contributed by atoms with Gasteiger partial charge in [-0.2, -0.15) is 5.10 Å². The van der Waals surface area contributed by atoms with Crippen LogP contribution in [0.3, 0.4) is 0 Å². The van der Waals surface area contributed by atoms with E-state index in [1.165, 1.54) is 15.3 Å². The van der Waals surface area contributed by atoms with E-state index >= 15 is 0 Å². The van der Waals surface area contributed by atoms with E-state index < -0.39 is 0 Å². The lowest BCUT2D eigenvalue weighted by Gasteiger charge is -2.00. The molecule has 0 saturated heterocycles. The van der Waals surface area contributed by atoms with Crippen LogP contribution in [0.2, 0.25) is 0 Å². The van der Waals surface area contributed by atoms with Crippen LogP contribution in [0.1, 0.15) is 17.4 Å². The van der Waals surface area contributed by atoms with E-state index in [4.69, 9.17) is 0 Å². The zero-order valence-corrected chi connectivity index (χ0v) is 14.3. The van der Waals surface area contributed by atoms with Crippen molar-refractivity contribution in [3.8, 4) is 10.6 Å². The zero-order valence-electron chi connectivity index (χ0n) is 11.8. The lowest BCUT2D eigenvalue weighted by atomic mass is 10.3. The third-order valence-corrected chi connectivity index (χ3v) is 5.64. The maximum Gasteiger partial charge on any atom is 0.206 e. The van der Waals surface area contributed by atoms with Crippen molar-refractivity contribution in [1.82, 2.24) is 4.68 Å². The first-order chi connectivity index (χ1) is 10.3. The van der Waals surface area contributed by atoms with Crippen LogP contribution in [0.4, 0.5) is 0 Å². The fourth-order valence-corrected chi connectivity index (χ4v) is 4.35. The van der Waals surface area contributed by atoms with Crippen LogP contribution in [0.25, 0.3) is 10.6 Å². The highest BCUT2D eigenvalue weighted by molar-refractivity contribution is 7.14. The van der Waals surface area contributed by atoms with Gasteiger partial charge in [-0.05, 0) is 42.3 Å². The molecule has 6 heteroatoms. The lowest BCUT2D eigenvalue weighted by molar-refractivity contribution is 0.835. The predicted octanol–water partition coefficient (Wildman–Crippen LogP) is 4.45.